The van der Waals surface area contributed by atoms with Crippen LogP contribution >= 0.6 is 0 Å². The Balaban J connectivity index is 2.36. The van der Waals surface area contributed by atoms with E-state index in [1.54, 1.807) is 13.0 Å². The molecule has 0 unspecified atom stereocenters. The highest BCUT2D eigenvalue weighted by molar-refractivity contribution is 5.69. The van der Waals surface area contributed by atoms with Gasteiger partial charge in [0.25, 0.3) is 0 Å². The van der Waals surface area contributed by atoms with Crippen molar-refractivity contribution < 1.29 is 13.5 Å². The molecule has 0 saturated carbocycles. The highest BCUT2D eigenvalue weighted by Crippen LogP contribution is 2.30. The molecule has 0 atom stereocenters. The Morgan fingerprint density at radius 1 is 1.18 bits per heavy atom. The van der Waals surface area contributed by atoms with Gasteiger partial charge in [-0.15, -0.1) is 0 Å². The van der Waals surface area contributed by atoms with Crippen LogP contribution in [0.5, 0.6) is 5.75 Å². The Morgan fingerprint density at radius 2 is 2.00 bits per heavy atom. The third kappa shape index (κ3) is 2.38. The van der Waals surface area contributed by atoms with Gasteiger partial charge in [0, 0.05) is 5.56 Å². The van der Waals surface area contributed by atoms with Gasteiger partial charge in [-0.25, -0.2) is 4.39 Å². The first-order chi connectivity index (χ1) is 8.24. The molecule has 0 fully saturated rings. The Hall–Kier alpha value is -1.64. The molecule has 0 bridgehead atoms. The van der Waals surface area contributed by atoms with Gasteiger partial charge in [-0.3, -0.25) is 0 Å². The van der Waals surface area contributed by atoms with Crippen molar-refractivity contribution in [3.63, 3.8) is 0 Å². The topological polar surface area (TPSA) is 9.23 Å². The first-order valence-corrected chi connectivity index (χ1v) is 5.69. The molecule has 0 N–H and O–H groups in total. The third-order valence-electron chi connectivity index (χ3n) is 2.70. The van der Waals surface area contributed by atoms with Crippen LogP contribution in [0, 0.1) is 11.6 Å². The van der Waals surface area contributed by atoms with Crippen LogP contribution in [0.2, 0.25) is 0 Å². The second-order valence-corrected chi connectivity index (χ2v) is 3.81. The van der Waals surface area contributed by atoms with Crippen molar-refractivity contribution in [1.82, 2.24) is 0 Å². The maximum Gasteiger partial charge on any atom is 0.201 e. The van der Waals surface area contributed by atoms with E-state index in [0.29, 0.717) is 18.6 Å². The van der Waals surface area contributed by atoms with E-state index in [2.05, 4.69) is 0 Å². The number of ether oxygens (including phenoxy) is 1. The fraction of sp³-hybridized carbons (Fsp3) is 0.286. The molecule has 1 aromatic carbocycles. The van der Waals surface area contributed by atoms with E-state index in [9.17, 15) is 8.78 Å². The number of benzene rings is 1. The Morgan fingerprint density at radius 3 is 2.65 bits per heavy atom. The third-order valence-corrected chi connectivity index (χ3v) is 2.70. The highest BCUT2D eigenvalue weighted by atomic mass is 19.2. The van der Waals surface area contributed by atoms with E-state index in [4.69, 9.17) is 4.74 Å². The van der Waals surface area contributed by atoms with Gasteiger partial charge in [0.15, 0.2) is 11.6 Å². The minimum absolute atomic E-state index is 0.0271. The van der Waals surface area contributed by atoms with Crippen molar-refractivity contribution in [3.8, 4) is 5.75 Å². The zero-order valence-corrected chi connectivity index (χ0v) is 9.67. The predicted octanol–water partition coefficient (Wildman–Crippen LogP) is 4.10. The molecule has 1 aliphatic carbocycles. The maximum atomic E-state index is 13.9. The van der Waals surface area contributed by atoms with Gasteiger partial charge in [0.1, 0.15) is 0 Å². The van der Waals surface area contributed by atoms with Crippen LogP contribution in [0.3, 0.4) is 0 Å². The molecular formula is C14H14F2O. The summed E-state index contributed by atoms with van der Waals surface area (Å²) in [7, 11) is 0. The molecule has 0 amide bonds. The summed E-state index contributed by atoms with van der Waals surface area (Å²) in [5.74, 6) is -1.75. The van der Waals surface area contributed by atoms with E-state index in [0.717, 1.165) is 12.0 Å². The van der Waals surface area contributed by atoms with E-state index < -0.39 is 11.6 Å². The van der Waals surface area contributed by atoms with E-state index >= 15 is 0 Å². The van der Waals surface area contributed by atoms with Crippen LogP contribution in [0.1, 0.15) is 25.3 Å². The number of halogens is 2. The van der Waals surface area contributed by atoms with Crippen molar-refractivity contribution in [3.05, 3.63) is 47.6 Å². The molecule has 2 rings (SSSR count). The van der Waals surface area contributed by atoms with Gasteiger partial charge in [0.2, 0.25) is 5.82 Å². The number of hydrogen-bond acceptors (Lipinski definition) is 1. The quantitative estimate of drug-likeness (QED) is 0.718. The summed E-state index contributed by atoms with van der Waals surface area (Å²) in [5.41, 5.74) is 1.15. The SMILES string of the molecule is CCOc1ccc(C2=CCC=CC2)c(F)c1F. The summed E-state index contributed by atoms with van der Waals surface area (Å²) < 4.78 is 32.5. The van der Waals surface area contributed by atoms with Crippen molar-refractivity contribution in [2.45, 2.75) is 19.8 Å². The molecular weight excluding hydrogens is 222 g/mol. The van der Waals surface area contributed by atoms with E-state index in [1.807, 2.05) is 18.2 Å². The fourth-order valence-electron chi connectivity index (χ4n) is 1.87. The van der Waals surface area contributed by atoms with Crippen LogP contribution in [-0.2, 0) is 0 Å². The molecule has 0 aliphatic heterocycles. The number of rotatable bonds is 3. The number of allylic oxidation sites excluding steroid dienone is 4. The van der Waals surface area contributed by atoms with Crippen LogP contribution in [0.25, 0.3) is 5.57 Å². The molecule has 1 aliphatic rings. The lowest BCUT2D eigenvalue weighted by molar-refractivity contribution is 0.314. The van der Waals surface area contributed by atoms with Crippen LogP contribution in [0.4, 0.5) is 8.78 Å². The molecule has 90 valence electrons. The van der Waals surface area contributed by atoms with Gasteiger partial charge < -0.3 is 4.74 Å². The summed E-state index contributed by atoms with van der Waals surface area (Å²) in [4.78, 5) is 0. The van der Waals surface area contributed by atoms with Gasteiger partial charge in [-0.1, -0.05) is 18.2 Å². The normalized spacial score (nSPS) is 14.6. The second kappa shape index (κ2) is 5.13. The number of hydrogen-bond donors (Lipinski definition) is 0. The fourth-order valence-corrected chi connectivity index (χ4v) is 1.87. The lowest BCUT2D eigenvalue weighted by Gasteiger charge is -2.12. The van der Waals surface area contributed by atoms with Crippen LogP contribution < -0.4 is 4.74 Å². The largest absolute Gasteiger partial charge is 0.491 e. The van der Waals surface area contributed by atoms with Gasteiger partial charge >= 0.3 is 0 Å². The summed E-state index contributed by atoms with van der Waals surface area (Å²) in [6, 6.07) is 3.06. The lowest BCUT2D eigenvalue weighted by Crippen LogP contribution is -2.00. The van der Waals surface area contributed by atoms with Crippen LogP contribution in [0.15, 0.2) is 30.4 Å². The minimum atomic E-state index is -0.903. The Kier molecular flexibility index (Phi) is 3.57. The molecule has 0 spiro atoms. The highest BCUT2D eigenvalue weighted by Gasteiger charge is 2.16. The van der Waals surface area contributed by atoms with Gasteiger partial charge in [-0.05, 0) is 37.5 Å². The predicted molar refractivity (Wildman–Crippen MR) is 63.9 cm³/mol. The van der Waals surface area contributed by atoms with Gasteiger partial charge in [0.05, 0.1) is 6.61 Å². The second-order valence-electron chi connectivity index (χ2n) is 3.81. The van der Waals surface area contributed by atoms with Crippen molar-refractivity contribution >= 4 is 5.57 Å². The summed E-state index contributed by atoms with van der Waals surface area (Å²) in [6.07, 6.45) is 7.29. The smallest absolute Gasteiger partial charge is 0.201 e. The molecule has 1 aromatic rings. The summed E-state index contributed by atoms with van der Waals surface area (Å²) in [6.45, 7) is 2.06. The molecule has 1 nitrogen and oxygen atoms in total. The average molecular weight is 236 g/mol. The van der Waals surface area contributed by atoms with Crippen molar-refractivity contribution in [2.75, 3.05) is 6.61 Å². The first kappa shape index (κ1) is 11.8. The standard InChI is InChI=1S/C14H14F2O/c1-2-17-12-9-8-11(13(15)14(12)16)10-6-4-3-5-7-10/h3-4,7-9H,2,5-6H2,1H3. The molecule has 0 heterocycles. The Bertz CT molecular complexity index is 475. The van der Waals surface area contributed by atoms with E-state index in [-0.39, 0.29) is 5.75 Å². The summed E-state index contributed by atoms with van der Waals surface area (Å²) in [5, 5.41) is 0. The zero-order valence-electron chi connectivity index (χ0n) is 9.67. The Labute approximate surface area is 99.4 Å². The molecule has 0 radical (unpaired) electrons. The van der Waals surface area contributed by atoms with Crippen molar-refractivity contribution in [1.29, 1.82) is 0 Å². The van der Waals surface area contributed by atoms with Crippen molar-refractivity contribution in [2.24, 2.45) is 0 Å². The average Bonchev–Trinajstić information content (AvgIpc) is 2.36. The monoisotopic (exact) mass is 236 g/mol. The zero-order chi connectivity index (χ0) is 12.3. The van der Waals surface area contributed by atoms with E-state index in [1.165, 1.54) is 6.07 Å². The minimum Gasteiger partial charge on any atom is -0.491 e. The molecule has 0 aromatic heterocycles. The lowest BCUT2D eigenvalue weighted by atomic mass is 9.97. The first-order valence-electron chi connectivity index (χ1n) is 5.69. The molecule has 0 saturated heterocycles. The molecule has 3 heteroatoms. The molecule has 17 heavy (non-hydrogen) atoms. The van der Waals surface area contributed by atoms with Crippen LogP contribution in [-0.4, -0.2) is 6.61 Å². The maximum absolute atomic E-state index is 13.9. The van der Waals surface area contributed by atoms with Gasteiger partial charge in [-0.2, -0.15) is 4.39 Å². The summed E-state index contributed by atoms with van der Waals surface area (Å²) >= 11 is 0.